The zero-order valence-corrected chi connectivity index (χ0v) is 18.2. The summed E-state index contributed by atoms with van der Waals surface area (Å²) in [5.41, 5.74) is 1.36. The van der Waals surface area contributed by atoms with E-state index in [4.69, 9.17) is 23.2 Å². The van der Waals surface area contributed by atoms with E-state index in [9.17, 15) is 18.4 Å². The van der Waals surface area contributed by atoms with Gasteiger partial charge in [-0.3, -0.25) is 9.59 Å². The molecule has 0 bridgehead atoms. The SMILES string of the molecule is O=C(NCc1ccc(F)c(Cl)c1)c1nc(C(=O)NCc2ccc(F)c(Cl)c2)n2nccc2n1. The molecule has 2 heterocycles. The summed E-state index contributed by atoms with van der Waals surface area (Å²) < 4.78 is 27.8. The molecule has 0 radical (unpaired) electrons. The highest BCUT2D eigenvalue weighted by molar-refractivity contribution is 6.31. The van der Waals surface area contributed by atoms with Crippen LogP contribution in [0.25, 0.3) is 5.65 Å². The Kier molecular flexibility index (Phi) is 6.47. The van der Waals surface area contributed by atoms with Gasteiger partial charge in [0, 0.05) is 19.2 Å². The van der Waals surface area contributed by atoms with Gasteiger partial charge in [-0.15, -0.1) is 0 Å². The lowest BCUT2D eigenvalue weighted by molar-refractivity contribution is 0.0931. The lowest BCUT2D eigenvalue weighted by Crippen LogP contribution is -2.30. The second-order valence-corrected chi connectivity index (χ2v) is 7.65. The summed E-state index contributed by atoms with van der Waals surface area (Å²) in [6.07, 6.45) is 1.41. The maximum Gasteiger partial charge on any atom is 0.289 e. The molecule has 2 aromatic carbocycles. The lowest BCUT2D eigenvalue weighted by atomic mass is 10.2. The van der Waals surface area contributed by atoms with E-state index in [2.05, 4.69) is 25.7 Å². The highest BCUT2D eigenvalue weighted by Gasteiger charge is 2.19. The standard InChI is InChI=1S/C21H14Cl2F2N6O2/c22-13-7-11(1-3-15(13)24)9-26-20(32)18-29-17-5-6-28-31(17)19(30-18)21(33)27-10-12-2-4-16(25)14(23)8-12/h1-8H,9-10H2,(H,26,32)(H,27,33). The molecule has 168 valence electrons. The van der Waals surface area contributed by atoms with Gasteiger partial charge in [0.15, 0.2) is 5.65 Å². The zero-order valence-electron chi connectivity index (χ0n) is 16.7. The van der Waals surface area contributed by atoms with Gasteiger partial charge in [-0.1, -0.05) is 35.3 Å². The van der Waals surface area contributed by atoms with E-state index in [-0.39, 0.29) is 40.4 Å². The van der Waals surface area contributed by atoms with Gasteiger partial charge in [-0.2, -0.15) is 14.6 Å². The molecule has 0 aliphatic heterocycles. The van der Waals surface area contributed by atoms with Gasteiger partial charge in [-0.25, -0.2) is 13.8 Å². The Bertz CT molecular complexity index is 1380. The van der Waals surface area contributed by atoms with Crippen LogP contribution in [0.5, 0.6) is 0 Å². The van der Waals surface area contributed by atoms with Crippen molar-refractivity contribution in [2.45, 2.75) is 13.1 Å². The Morgan fingerprint density at radius 1 is 0.848 bits per heavy atom. The second kappa shape index (κ2) is 9.47. The number of halogens is 4. The summed E-state index contributed by atoms with van der Waals surface area (Å²) in [6, 6.07) is 9.62. The van der Waals surface area contributed by atoms with Gasteiger partial charge in [0.2, 0.25) is 11.6 Å². The van der Waals surface area contributed by atoms with Crippen LogP contribution in [0, 0.1) is 11.6 Å². The molecule has 0 saturated carbocycles. The summed E-state index contributed by atoms with van der Waals surface area (Å²) in [7, 11) is 0. The van der Waals surface area contributed by atoms with Crippen molar-refractivity contribution >= 4 is 40.7 Å². The van der Waals surface area contributed by atoms with Crippen LogP contribution < -0.4 is 10.6 Å². The Hall–Kier alpha value is -3.63. The van der Waals surface area contributed by atoms with Crippen LogP contribution in [0.3, 0.4) is 0 Å². The number of carbonyl (C=O) groups is 2. The van der Waals surface area contributed by atoms with E-state index >= 15 is 0 Å². The molecular weight excluding hydrogens is 477 g/mol. The molecule has 2 N–H and O–H groups in total. The maximum atomic E-state index is 13.3. The number of hydrogen-bond donors (Lipinski definition) is 2. The van der Waals surface area contributed by atoms with Crippen LogP contribution in [0.2, 0.25) is 10.0 Å². The Labute approximate surface area is 195 Å². The monoisotopic (exact) mass is 490 g/mol. The van der Waals surface area contributed by atoms with Crippen molar-refractivity contribution in [3.8, 4) is 0 Å². The van der Waals surface area contributed by atoms with Gasteiger partial charge < -0.3 is 10.6 Å². The van der Waals surface area contributed by atoms with Crippen LogP contribution in [0.15, 0.2) is 48.7 Å². The summed E-state index contributed by atoms with van der Waals surface area (Å²) >= 11 is 11.5. The van der Waals surface area contributed by atoms with Crippen LogP contribution in [0.1, 0.15) is 32.4 Å². The Morgan fingerprint density at radius 3 is 2.00 bits per heavy atom. The predicted molar refractivity (Wildman–Crippen MR) is 116 cm³/mol. The molecule has 0 spiro atoms. The van der Waals surface area contributed by atoms with Gasteiger partial charge in [0.05, 0.1) is 16.2 Å². The number of fused-ring (bicyclic) bond motifs is 1. The summed E-state index contributed by atoms with van der Waals surface area (Å²) in [4.78, 5) is 33.5. The molecule has 4 rings (SSSR count). The quantitative estimate of drug-likeness (QED) is 0.430. The largest absolute Gasteiger partial charge is 0.345 e. The number of nitrogens with zero attached hydrogens (tertiary/aromatic N) is 4. The van der Waals surface area contributed by atoms with Crippen molar-refractivity contribution in [1.29, 1.82) is 0 Å². The lowest BCUT2D eigenvalue weighted by Gasteiger charge is -2.09. The summed E-state index contributed by atoms with van der Waals surface area (Å²) in [5, 5.41) is 9.10. The molecule has 0 unspecified atom stereocenters. The van der Waals surface area contributed by atoms with Gasteiger partial charge >= 0.3 is 0 Å². The van der Waals surface area contributed by atoms with Gasteiger partial charge in [0.1, 0.15) is 11.6 Å². The van der Waals surface area contributed by atoms with E-state index in [0.717, 1.165) is 0 Å². The molecule has 0 saturated heterocycles. The van der Waals surface area contributed by atoms with Crippen molar-refractivity contribution in [3.05, 3.63) is 93.1 Å². The molecule has 0 aliphatic carbocycles. The minimum Gasteiger partial charge on any atom is -0.345 e. The van der Waals surface area contributed by atoms with E-state index in [1.807, 2.05) is 0 Å². The van der Waals surface area contributed by atoms with Gasteiger partial charge in [-0.05, 0) is 35.4 Å². The van der Waals surface area contributed by atoms with Crippen molar-refractivity contribution in [2.75, 3.05) is 0 Å². The third kappa shape index (κ3) is 5.07. The average Bonchev–Trinajstić information content (AvgIpc) is 3.28. The average molecular weight is 491 g/mol. The first kappa shape index (κ1) is 22.6. The molecule has 33 heavy (non-hydrogen) atoms. The predicted octanol–water partition coefficient (Wildman–Crippen LogP) is 3.57. The van der Waals surface area contributed by atoms with Crippen LogP contribution in [-0.4, -0.2) is 31.4 Å². The van der Waals surface area contributed by atoms with Crippen molar-refractivity contribution in [2.24, 2.45) is 0 Å². The minimum absolute atomic E-state index is 0.0401. The smallest absolute Gasteiger partial charge is 0.289 e. The van der Waals surface area contributed by atoms with E-state index in [1.165, 1.54) is 53.2 Å². The first-order valence-corrected chi connectivity index (χ1v) is 10.2. The number of carbonyl (C=O) groups excluding carboxylic acids is 2. The number of benzene rings is 2. The van der Waals surface area contributed by atoms with Crippen LogP contribution in [-0.2, 0) is 13.1 Å². The first-order chi connectivity index (χ1) is 15.8. The Balaban J connectivity index is 1.51. The van der Waals surface area contributed by atoms with Crippen molar-refractivity contribution in [1.82, 2.24) is 30.2 Å². The van der Waals surface area contributed by atoms with Crippen molar-refractivity contribution in [3.63, 3.8) is 0 Å². The highest BCUT2D eigenvalue weighted by Crippen LogP contribution is 2.17. The topological polar surface area (TPSA) is 101 Å². The minimum atomic E-state index is -0.654. The molecule has 0 aliphatic rings. The Morgan fingerprint density at radius 2 is 1.42 bits per heavy atom. The first-order valence-electron chi connectivity index (χ1n) is 9.48. The third-order valence-electron chi connectivity index (χ3n) is 4.54. The fraction of sp³-hybridized carbons (Fsp3) is 0.0952. The number of rotatable bonds is 6. The van der Waals surface area contributed by atoms with E-state index in [1.54, 1.807) is 0 Å². The normalized spacial score (nSPS) is 10.9. The molecule has 12 heteroatoms. The fourth-order valence-electron chi connectivity index (χ4n) is 2.90. The van der Waals surface area contributed by atoms with Crippen LogP contribution >= 0.6 is 23.2 Å². The number of nitrogens with one attached hydrogen (secondary N) is 2. The molecule has 0 atom stereocenters. The molecule has 2 aromatic heterocycles. The maximum absolute atomic E-state index is 13.3. The second-order valence-electron chi connectivity index (χ2n) is 6.83. The van der Waals surface area contributed by atoms with E-state index in [0.29, 0.717) is 11.1 Å². The van der Waals surface area contributed by atoms with Gasteiger partial charge in [0.25, 0.3) is 11.8 Å². The molecule has 4 aromatic rings. The van der Waals surface area contributed by atoms with Crippen LogP contribution in [0.4, 0.5) is 8.78 Å². The number of amides is 2. The third-order valence-corrected chi connectivity index (χ3v) is 5.12. The number of aromatic nitrogens is 4. The summed E-state index contributed by atoms with van der Waals surface area (Å²) in [5.74, 6) is -2.86. The molecular formula is C21H14Cl2F2N6O2. The fourth-order valence-corrected chi connectivity index (χ4v) is 3.30. The highest BCUT2D eigenvalue weighted by atomic mass is 35.5. The summed E-state index contributed by atoms with van der Waals surface area (Å²) in [6.45, 7) is 0.0813. The molecule has 8 nitrogen and oxygen atoms in total. The zero-order chi connectivity index (χ0) is 23.5. The van der Waals surface area contributed by atoms with E-state index < -0.39 is 23.4 Å². The molecule has 2 amide bonds. The number of hydrogen-bond acceptors (Lipinski definition) is 5. The van der Waals surface area contributed by atoms with Crippen molar-refractivity contribution < 1.29 is 18.4 Å². The molecule has 0 fully saturated rings.